The quantitative estimate of drug-likeness (QED) is 0.648. The van der Waals surface area contributed by atoms with Crippen LogP contribution in [0.3, 0.4) is 0 Å². The van der Waals surface area contributed by atoms with Gasteiger partial charge < -0.3 is 15.4 Å². The van der Waals surface area contributed by atoms with Gasteiger partial charge in [-0.3, -0.25) is 4.79 Å². The first-order valence-electron chi connectivity index (χ1n) is 6.08. The summed E-state index contributed by atoms with van der Waals surface area (Å²) < 4.78 is 5.02. The molecular formula is C12H27ClN2O2. The zero-order valence-electron chi connectivity index (χ0n) is 11.3. The van der Waals surface area contributed by atoms with Crippen molar-refractivity contribution >= 4 is 18.3 Å². The molecule has 0 rings (SSSR count). The third-order valence-electron chi connectivity index (χ3n) is 2.81. The highest BCUT2D eigenvalue weighted by molar-refractivity contribution is 5.85. The Labute approximate surface area is 111 Å². The Hall–Kier alpha value is -0.320. The molecule has 2 N–H and O–H groups in total. The van der Waals surface area contributed by atoms with Crippen LogP contribution in [-0.2, 0) is 9.53 Å². The molecule has 1 atom stereocenters. The van der Waals surface area contributed by atoms with Gasteiger partial charge in [-0.25, -0.2) is 0 Å². The fourth-order valence-electron chi connectivity index (χ4n) is 1.55. The second-order valence-electron chi connectivity index (χ2n) is 4.26. The zero-order valence-corrected chi connectivity index (χ0v) is 12.1. The number of rotatable bonds is 9. The molecule has 5 heteroatoms. The van der Waals surface area contributed by atoms with Crippen LogP contribution in [0.25, 0.3) is 0 Å². The molecule has 104 valence electrons. The second kappa shape index (κ2) is 12.1. The SMILES string of the molecule is COCC(C)N(C)C(=O)CCCCCCN.Cl. The number of ether oxygens (including phenoxy) is 1. The van der Waals surface area contributed by atoms with Crippen LogP contribution in [0, 0.1) is 0 Å². The van der Waals surface area contributed by atoms with E-state index in [2.05, 4.69) is 0 Å². The van der Waals surface area contributed by atoms with Gasteiger partial charge in [-0.2, -0.15) is 0 Å². The molecule has 0 saturated heterocycles. The number of likely N-dealkylation sites (N-methyl/N-ethyl adjacent to an activating group) is 1. The number of unbranched alkanes of at least 4 members (excludes halogenated alkanes) is 3. The Morgan fingerprint density at radius 1 is 1.29 bits per heavy atom. The topological polar surface area (TPSA) is 55.6 Å². The van der Waals surface area contributed by atoms with Gasteiger partial charge in [-0.1, -0.05) is 12.8 Å². The van der Waals surface area contributed by atoms with E-state index < -0.39 is 0 Å². The normalized spacial score (nSPS) is 11.8. The van der Waals surface area contributed by atoms with E-state index in [1.165, 1.54) is 0 Å². The second-order valence-corrected chi connectivity index (χ2v) is 4.26. The number of carbonyl (C=O) groups is 1. The average Bonchev–Trinajstić information content (AvgIpc) is 2.27. The minimum absolute atomic E-state index is 0. The molecule has 0 aliphatic rings. The molecule has 1 unspecified atom stereocenters. The zero-order chi connectivity index (χ0) is 12.4. The molecule has 0 aromatic carbocycles. The summed E-state index contributed by atoms with van der Waals surface area (Å²) in [5, 5.41) is 0. The van der Waals surface area contributed by atoms with Crippen LogP contribution in [0.4, 0.5) is 0 Å². The summed E-state index contributed by atoms with van der Waals surface area (Å²) in [6, 6.07) is 0.154. The standard InChI is InChI=1S/C12H26N2O2.ClH/c1-11(10-16-3)14(2)12(15)8-6-4-5-7-9-13;/h11H,4-10,13H2,1-3H3;1H. The Morgan fingerprint density at radius 3 is 2.41 bits per heavy atom. The summed E-state index contributed by atoms with van der Waals surface area (Å²) in [5.74, 6) is 0.206. The lowest BCUT2D eigenvalue weighted by Gasteiger charge is -2.24. The van der Waals surface area contributed by atoms with Gasteiger partial charge in [0.05, 0.1) is 12.6 Å². The van der Waals surface area contributed by atoms with E-state index in [0.29, 0.717) is 13.0 Å². The molecule has 0 saturated carbocycles. The number of methoxy groups -OCH3 is 1. The number of hydrogen-bond donors (Lipinski definition) is 1. The Bertz CT molecular complexity index is 191. The van der Waals surface area contributed by atoms with E-state index >= 15 is 0 Å². The van der Waals surface area contributed by atoms with Crippen molar-refractivity contribution in [3.05, 3.63) is 0 Å². The molecule has 0 aliphatic carbocycles. The van der Waals surface area contributed by atoms with E-state index in [9.17, 15) is 4.79 Å². The first-order chi connectivity index (χ1) is 7.63. The maximum Gasteiger partial charge on any atom is 0.222 e. The van der Waals surface area contributed by atoms with Crippen molar-refractivity contribution in [3.63, 3.8) is 0 Å². The molecule has 17 heavy (non-hydrogen) atoms. The molecule has 0 aliphatic heterocycles. The number of carbonyl (C=O) groups excluding carboxylic acids is 1. The van der Waals surface area contributed by atoms with Crippen molar-refractivity contribution in [2.24, 2.45) is 5.73 Å². The average molecular weight is 267 g/mol. The third kappa shape index (κ3) is 9.39. The van der Waals surface area contributed by atoms with E-state index in [4.69, 9.17) is 10.5 Å². The summed E-state index contributed by atoms with van der Waals surface area (Å²) in [6.07, 6.45) is 4.87. The number of halogens is 1. The Balaban J connectivity index is 0. The van der Waals surface area contributed by atoms with Gasteiger partial charge >= 0.3 is 0 Å². The van der Waals surface area contributed by atoms with Crippen LogP contribution >= 0.6 is 12.4 Å². The highest BCUT2D eigenvalue weighted by atomic mass is 35.5. The minimum atomic E-state index is 0. The Morgan fingerprint density at radius 2 is 1.88 bits per heavy atom. The predicted octanol–water partition coefficient (Wildman–Crippen LogP) is 1.81. The molecule has 0 aromatic rings. The first-order valence-corrected chi connectivity index (χ1v) is 6.08. The smallest absolute Gasteiger partial charge is 0.222 e. The van der Waals surface area contributed by atoms with Crippen LogP contribution in [0.2, 0.25) is 0 Å². The van der Waals surface area contributed by atoms with E-state index in [1.54, 1.807) is 12.0 Å². The van der Waals surface area contributed by atoms with Gasteiger partial charge in [0.2, 0.25) is 5.91 Å². The highest BCUT2D eigenvalue weighted by Crippen LogP contribution is 2.06. The van der Waals surface area contributed by atoms with Gasteiger partial charge in [0.25, 0.3) is 0 Å². The molecule has 0 radical (unpaired) electrons. The highest BCUT2D eigenvalue weighted by Gasteiger charge is 2.14. The summed E-state index contributed by atoms with van der Waals surface area (Å²) in [4.78, 5) is 13.5. The molecule has 1 amide bonds. The molecule has 0 fully saturated rings. The van der Waals surface area contributed by atoms with Gasteiger partial charge in [0.1, 0.15) is 0 Å². The van der Waals surface area contributed by atoms with Gasteiger partial charge in [-0.15, -0.1) is 12.4 Å². The minimum Gasteiger partial charge on any atom is -0.383 e. The monoisotopic (exact) mass is 266 g/mol. The largest absolute Gasteiger partial charge is 0.383 e. The maximum atomic E-state index is 11.7. The molecule has 4 nitrogen and oxygen atoms in total. The summed E-state index contributed by atoms with van der Waals surface area (Å²) in [7, 11) is 3.49. The number of amides is 1. The molecule has 0 spiro atoms. The van der Waals surface area contributed by atoms with Crippen LogP contribution < -0.4 is 5.73 Å². The lowest BCUT2D eigenvalue weighted by atomic mass is 10.1. The number of hydrogen-bond acceptors (Lipinski definition) is 3. The molecule has 0 heterocycles. The van der Waals surface area contributed by atoms with Crippen LogP contribution in [-0.4, -0.2) is 44.2 Å². The van der Waals surface area contributed by atoms with Gasteiger partial charge in [0.15, 0.2) is 0 Å². The number of nitrogens with zero attached hydrogens (tertiary/aromatic N) is 1. The van der Waals surface area contributed by atoms with Crippen molar-refractivity contribution in [1.82, 2.24) is 4.90 Å². The fourth-order valence-corrected chi connectivity index (χ4v) is 1.55. The van der Waals surface area contributed by atoms with Crippen molar-refractivity contribution in [3.8, 4) is 0 Å². The fraction of sp³-hybridized carbons (Fsp3) is 0.917. The molecular weight excluding hydrogens is 240 g/mol. The molecule has 0 bridgehead atoms. The van der Waals surface area contributed by atoms with Crippen molar-refractivity contribution in [2.75, 3.05) is 27.3 Å². The van der Waals surface area contributed by atoms with Crippen LogP contribution in [0.1, 0.15) is 39.0 Å². The van der Waals surface area contributed by atoms with E-state index in [-0.39, 0.29) is 24.4 Å². The summed E-state index contributed by atoms with van der Waals surface area (Å²) in [6.45, 7) is 3.34. The first kappa shape index (κ1) is 19.0. The van der Waals surface area contributed by atoms with E-state index in [1.807, 2.05) is 14.0 Å². The predicted molar refractivity (Wildman–Crippen MR) is 73.5 cm³/mol. The van der Waals surface area contributed by atoms with Crippen molar-refractivity contribution in [2.45, 2.75) is 45.1 Å². The molecule has 0 aromatic heterocycles. The third-order valence-corrected chi connectivity index (χ3v) is 2.81. The van der Waals surface area contributed by atoms with E-state index in [0.717, 1.165) is 32.2 Å². The van der Waals surface area contributed by atoms with Crippen molar-refractivity contribution in [1.29, 1.82) is 0 Å². The number of nitrogens with two attached hydrogens (primary N) is 1. The summed E-state index contributed by atoms with van der Waals surface area (Å²) in [5.41, 5.74) is 5.40. The summed E-state index contributed by atoms with van der Waals surface area (Å²) >= 11 is 0. The van der Waals surface area contributed by atoms with Crippen LogP contribution in [0.15, 0.2) is 0 Å². The maximum absolute atomic E-state index is 11.7. The van der Waals surface area contributed by atoms with Crippen LogP contribution in [0.5, 0.6) is 0 Å². The lowest BCUT2D eigenvalue weighted by molar-refractivity contribution is -0.132. The Kier molecular flexibility index (Phi) is 13.6. The van der Waals surface area contributed by atoms with Crippen molar-refractivity contribution < 1.29 is 9.53 Å². The van der Waals surface area contributed by atoms with Gasteiger partial charge in [0, 0.05) is 20.6 Å². The lowest BCUT2D eigenvalue weighted by Crippen LogP contribution is -2.37. The van der Waals surface area contributed by atoms with Gasteiger partial charge in [-0.05, 0) is 26.3 Å².